The first-order valence-corrected chi connectivity index (χ1v) is 5.72. The number of aliphatic hydroxyl groups is 1. The summed E-state index contributed by atoms with van der Waals surface area (Å²) in [5, 5.41) is 9.39. The summed E-state index contributed by atoms with van der Waals surface area (Å²) in [5.74, 6) is 0. The van der Waals surface area contributed by atoms with Crippen molar-refractivity contribution in [1.82, 2.24) is 4.90 Å². The maximum atomic E-state index is 9.39. The molecule has 84 valence electrons. The molecule has 0 saturated heterocycles. The van der Waals surface area contributed by atoms with Crippen LogP contribution in [-0.2, 0) is 6.54 Å². The van der Waals surface area contributed by atoms with E-state index in [-0.39, 0.29) is 0 Å². The van der Waals surface area contributed by atoms with E-state index in [1.54, 1.807) is 0 Å². The Hall–Kier alpha value is -0.420. The third-order valence-electron chi connectivity index (χ3n) is 2.14. The van der Waals surface area contributed by atoms with Crippen LogP contribution in [0.15, 0.2) is 28.7 Å². The van der Waals surface area contributed by atoms with Crippen molar-refractivity contribution in [3.8, 4) is 0 Å². The lowest BCUT2D eigenvalue weighted by Crippen LogP contribution is -2.33. The zero-order chi connectivity index (χ0) is 11.3. The predicted molar refractivity (Wildman–Crippen MR) is 65.5 cm³/mol. The van der Waals surface area contributed by atoms with E-state index in [0.717, 1.165) is 11.0 Å². The van der Waals surface area contributed by atoms with Gasteiger partial charge >= 0.3 is 0 Å². The molecule has 1 unspecified atom stereocenters. The Morgan fingerprint density at radius 3 is 2.87 bits per heavy atom. The molecule has 0 aliphatic heterocycles. The van der Waals surface area contributed by atoms with Gasteiger partial charge in [0.05, 0.1) is 6.10 Å². The Morgan fingerprint density at radius 2 is 2.27 bits per heavy atom. The number of nitrogens with zero attached hydrogens (tertiary/aromatic N) is 1. The molecule has 0 spiro atoms. The van der Waals surface area contributed by atoms with Gasteiger partial charge in [-0.05, 0) is 24.7 Å². The molecule has 4 heteroatoms. The normalized spacial score (nSPS) is 13.1. The van der Waals surface area contributed by atoms with Crippen LogP contribution in [0.3, 0.4) is 0 Å². The van der Waals surface area contributed by atoms with Crippen molar-refractivity contribution in [3.63, 3.8) is 0 Å². The number of aliphatic hydroxyl groups excluding tert-OH is 1. The van der Waals surface area contributed by atoms with Gasteiger partial charge in [0.25, 0.3) is 0 Å². The highest BCUT2D eigenvalue weighted by Crippen LogP contribution is 2.12. The minimum Gasteiger partial charge on any atom is -0.390 e. The van der Waals surface area contributed by atoms with Crippen molar-refractivity contribution in [1.29, 1.82) is 0 Å². The van der Waals surface area contributed by atoms with Crippen LogP contribution in [0.2, 0.25) is 0 Å². The molecule has 0 radical (unpaired) electrons. The number of likely N-dealkylation sites (N-methyl/N-ethyl adjacent to an activating group) is 1. The van der Waals surface area contributed by atoms with Crippen LogP contribution < -0.4 is 5.73 Å². The lowest BCUT2D eigenvalue weighted by Gasteiger charge is -2.19. The molecular weight excluding hydrogens is 256 g/mol. The van der Waals surface area contributed by atoms with Crippen molar-refractivity contribution in [2.24, 2.45) is 5.73 Å². The van der Waals surface area contributed by atoms with E-state index < -0.39 is 6.10 Å². The smallest absolute Gasteiger partial charge is 0.0789 e. The maximum absolute atomic E-state index is 9.39. The maximum Gasteiger partial charge on any atom is 0.0789 e. The lowest BCUT2D eigenvalue weighted by atomic mass is 10.2. The average molecular weight is 273 g/mol. The van der Waals surface area contributed by atoms with E-state index in [1.807, 2.05) is 19.2 Å². The summed E-state index contributed by atoms with van der Waals surface area (Å²) in [6.07, 6.45) is -0.442. The van der Waals surface area contributed by atoms with Gasteiger partial charge in [-0.2, -0.15) is 0 Å². The highest BCUT2D eigenvalue weighted by atomic mass is 79.9. The Morgan fingerprint density at radius 1 is 1.53 bits per heavy atom. The van der Waals surface area contributed by atoms with Crippen LogP contribution in [0.25, 0.3) is 0 Å². The van der Waals surface area contributed by atoms with Crippen LogP contribution in [0.4, 0.5) is 0 Å². The van der Waals surface area contributed by atoms with Gasteiger partial charge in [-0.15, -0.1) is 0 Å². The van der Waals surface area contributed by atoms with Gasteiger partial charge in [-0.3, -0.25) is 4.90 Å². The summed E-state index contributed by atoms with van der Waals surface area (Å²) in [6, 6.07) is 8.15. The molecule has 15 heavy (non-hydrogen) atoms. The molecule has 0 aliphatic rings. The molecule has 1 aromatic carbocycles. The molecule has 0 bridgehead atoms. The zero-order valence-corrected chi connectivity index (χ0v) is 10.4. The third kappa shape index (κ3) is 4.75. The van der Waals surface area contributed by atoms with Gasteiger partial charge < -0.3 is 10.8 Å². The molecule has 0 fully saturated rings. The summed E-state index contributed by atoms with van der Waals surface area (Å²) >= 11 is 3.43. The highest BCUT2D eigenvalue weighted by molar-refractivity contribution is 9.10. The molecule has 3 nitrogen and oxygen atoms in total. The van der Waals surface area contributed by atoms with E-state index >= 15 is 0 Å². The van der Waals surface area contributed by atoms with Gasteiger partial charge in [0.15, 0.2) is 0 Å². The van der Waals surface area contributed by atoms with Gasteiger partial charge in [0.2, 0.25) is 0 Å². The van der Waals surface area contributed by atoms with Gasteiger partial charge in [0, 0.05) is 24.1 Å². The third-order valence-corrected chi connectivity index (χ3v) is 2.63. The lowest BCUT2D eigenvalue weighted by molar-refractivity contribution is 0.129. The first-order chi connectivity index (χ1) is 7.11. The molecule has 1 aromatic rings. The Labute approximate surface area is 99.0 Å². The summed E-state index contributed by atoms with van der Waals surface area (Å²) in [4.78, 5) is 2.05. The highest BCUT2D eigenvalue weighted by Gasteiger charge is 2.06. The number of halogens is 1. The molecule has 0 amide bonds. The largest absolute Gasteiger partial charge is 0.390 e. The molecule has 3 N–H and O–H groups in total. The van der Waals surface area contributed by atoms with Crippen LogP contribution >= 0.6 is 15.9 Å². The molecule has 1 rings (SSSR count). The molecule has 0 saturated carbocycles. The molecule has 0 heterocycles. The molecule has 0 aromatic heterocycles. The number of hydrogen-bond donors (Lipinski definition) is 2. The average Bonchev–Trinajstić information content (AvgIpc) is 2.17. The standard InChI is InChI=1S/C11H17BrN2O/c1-14(8-11(15)6-13)7-9-3-2-4-10(12)5-9/h2-5,11,15H,6-8,13H2,1H3. The van der Waals surface area contributed by atoms with Gasteiger partial charge in [0.1, 0.15) is 0 Å². The Bertz CT molecular complexity index is 306. The minimum atomic E-state index is -0.442. The quantitative estimate of drug-likeness (QED) is 0.847. The number of hydrogen-bond acceptors (Lipinski definition) is 3. The van der Waals surface area contributed by atoms with Crippen LogP contribution in [0.1, 0.15) is 5.56 Å². The molecule has 1 atom stereocenters. The van der Waals surface area contributed by atoms with Crippen molar-refractivity contribution < 1.29 is 5.11 Å². The van der Waals surface area contributed by atoms with Crippen molar-refractivity contribution in [3.05, 3.63) is 34.3 Å². The second-order valence-corrected chi connectivity index (χ2v) is 4.63. The summed E-state index contributed by atoms with van der Waals surface area (Å²) in [6.45, 7) is 1.72. The number of nitrogens with two attached hydrogens (primary N) is 1. The van der Waals surface area contributed by atoms with E-state index in [1.165, 1.54) is 5.56 Å². The van der Waals surface area contributed by atoms with E-state index in [0.29, 0.717) is 13.1 Å². The monoisotopic (exact) mass is 272 g/mol. The van der Waals surface area contributed by atoms with Crippen LogP contribution in [0.5, 0.6) is 0 Å². The first kappa shape index (κ1) is 12.6. The molecular formula is C11H17BrN2O. The van der Waals surface area contributed by atoms with E-state index in [4.69, 9.17) is 5.73 Å². The van der Waals surface area contributed by atoms with Gasteiger partial charge in [-0.25, -0.2) is 0 Å². The summed E-state index contributed by atoms with van der Waals surface area (Å²) in [7, 11) is 1.97. The topological polar surface area (TPSA) is 49.5 Å². The second-order valence-electron chi connectivity index (χ2n) is 3.72. The Kier molecular flexibility index (Phi) is 5.25. The fourth-order valence-corrected chi connectivity index (χ4v) is 1.89. The first-order valence-electron chi connectivity index (χ1n) is 4.93. The Balaban J connectivity index is 2.47. The van der Waals surface area contributed by atoms with Crippen molar-refractivity contribution in [2.75, 3.05) is 20.1 Å². The van der Waals surface area contributed by atoms with Gasteiger partial charge in [-0.1, -0.05) is 28.1 Å². The van der Waals surface area contributed by atoms with Crippen molar-refractivity contribution in [2.45, 2.75) is 12.6 Å². The van der Waals surface area contributed by atoms with E-state index in [9.17, 15) is 5.11 Å². The number of rotatable bonds is 5. The summed E-state index contributed by atoms with van der Waals surface area (Å²) < 4.78 is 1.08. The zero-order valence-electron chi connectivity index (χ0n) is 8.86. The fourth-order valence-electron chi connectivity index (χ4n) is 1.45. The molecule has 0 aliphatic carbocycles. The van der Waals surface area contributed by atoms with Crippen molar-refractivity contribution >= 4 is 15.9 Å². The SMILES string of the molecule is CN(Cc1cccc(Br)c1)CC(O)CN. The minimum absolute atomic E-state index is 0.308. The summed E-state index contributed by atoms with van der Waals surface area (Å²) in [5.41, 5.74) is 6.57. The number of benzene rings is 1. The fraction of sp³-hybridized carbons (Fsp3) is 0.455. The van der Waals surface area contributed by atoms with Crippen LogP contribution in [0, 0.1) is 0 Å². The second kappa shape index (κ2) is 6.23. The van der Waals surface area contributed by atoms with Crippen LogP contribution in [-0.4, -0.2) is 36.2 Å². The predicted octanol–water partition coefficient (Wildman–Crippen LogP) is 1.20. The van der Waals surface area contributed by atoms with E-state index in [2.05, 4.69) is 33.0 Å².